The molecule has 1 aromatic heterocycles. The van der Waals surface area contributed by atoms with Gasteiger partial charge in [-0.1, -0.05) is 24.3 Å². The van der Waals surface area contributed by atoms with Crippen LogP contribution in [0.3, 0.4) is 0 Å². The van der Waals surface area contributed by atoms with Crippen molar-refractivity contribution in [1.82, 2.24) is 9.97 Å². The van der Waals surface area contributed by atoms with Gasteiger partial charge in [0.05, 0.1) is 12.5 Å². The molecule has 2 N–H and O–H groups in total. The summed E-state index contributed by atoms with van der Waals surface area (Å²) in [5, 5.41) is 8.64. The summed E-state index contributed by atoms with van der Waals surface area (Å²) in [7, 11) is 0. The molecular formula is C15H16N4. The van der Waals surface area contributed by atoms with E-state index in [0.717, 1.165) is 28.9 Å². The van der Waals surface area contributed by atoms with Crippen LogP contribution in [0.4, 0.5) is 5.95 Å². The Balaban J connectivity index is 2.24. The minimum Gasteiger partial charge on any atom is -0.368 e. The van der Waals surface area contributed by atoms with Gasteiger partial charge in [0.1, 0.15) is 0 Å². The largest absolute Gasteiger partial charge is 0.368 e. The Labute approximate surface area is 112 Å². The van der Waals surface area contributed by atoms with E-state index in [9.17, 15) is 0 Å². The van der Waals surface area contributed by atoms with Crippen LogP contribution in [-0.4, -0.2) is 9.97 Å². The zero-order chi connectivity index (χ0) is 13.8. The van der Waals surface area contributed by atoms with Crippen LogP contribution in [0.5, 0.6) is 0 Å². The van der Waals surface area contributed by atoms with E-state index in [0.29, 0.717) is 12.4 Å². The Morgan fingerprint density at radius 2 is 1.58 bits per heavy atom. The highest BCUT2D eigenvalue weighted by atomic mass is 15.0. The molecule has 0 saturated heterocycles. The molecule has 2 aromatic rings. The van der Waals surface area contributed by atoms with Crippen molar-refractivity contribution >= 4 is 5.95 Å². The molecule has 1 aromatic carbocycles. The van der Waals surface area contributed by atoms with Gasteiger partial charge in [-0.3, -0.25) is 0 Å². The molecule has 4 heteroatoms. The number of aryl methyl sites for hydroxylation is 2. The number of rotatable bonds is 3. The average molecular weight is 252 g/mol. The quantitative estimate of drug-likeness (QED) is 0.909. The van der Waals surface area contributed by atoms with Crippen molar-refractivity contribution in [2.75, 3.05) is 5.73 Å². The first-order valence-electron chi connectivity index (χ1n) is 6.14. The molecule has 0 radical (unpaired) electrons. The molecule has 0 aliphatic carbocycles. The summed E-state index contributed by atoms with van der Waals surface area (Å²) in [5.74, 6) is 0.322. The molecule has 0 aliphatic rings. The molecule has 0 saturated carbocycles. The van der Waals surface area contributed by atoms with E-state index in [4.69, 9.17) is 11.0 Å². The van der Waals surface area contributed by atoms with E-state index in [-0.39, 0.29) is 0 Å². The second-order valence-corrected chi connectivity index (χ2v) is 4.56. The summed E-state index contributed by atoms with van der Waals surface area (Å²) >= 11 is 0. The summed E-state index contributed by atoms with van der Waals surface area (Å²) in [4.78, 5) is 8.40. The summed E-state index contributed by atoms with van der Waals surface area (Å²) in [6, 6.07) is 10.2. The molecule has 0 fully saturated rings. The van der Waals surface area contributed by atoms with Crippen LogP contribution < -0.4 is 5.73 Å². The van der Waals surface area contributed by atoms with E-state index in [2.05, 4.69) is 16.0 Å². The molecule has 0 atom stereocenters. The van der Waals surface area contributed by atoms with Crippen LogP contribution in [-0.2, 0) is 12.8 Å². The van der Waals surface area contributed by atoms with Gasteiger partial charge < -0.3 is 5.73 Å². The first-order chi connectivity index (χ1) is 9.10. The second-order valence-electron chi connectivity index (χ2n) is 4.56. The normalized spacial score (nSPS) is 10.2. The predicted molar refractivity (Wildman–Crippen MR) is 74.5 cm³/mol. The molecular weight excluding hydrogens is 236 g/mol. The van der Waals surface area contributed by atoms with Crippen molar-refractivity contribution in [2.45, 2.75) is 26.7 Å². The molecule has 2 rings (SSSR count). The van der Waals surface area contributed by atoms with Crippen molar-refractivity contribution < 1.29 is 0 Å². The van der Waals surface area contributed by atoms with Crippen molar-refractivity contribution in [2.24, 2.45) is 0 Å². The number of aromatic nitrogens is 2. The van der Waals surface area contributed by atoms with Crippen molar-refractivity contribution in [1.29, 1.82) is 5.26 Å². The maximum Gasteiger partial charge on any atom is 0.220 e. The first kappa shape index (κ1) is 13.0. The number of hydrogen-bond donors (Lipinski definition) is 1. The molecule has 4 nitrogen and oxygen atoms in total. The highest BCUT2D eigenvalue weighted by molar-refractivity contribution is 5.36. The topological polar surface area (TPSA) is 75.6 Å². The summed E-state index contributed by atoms with van der Waals surface area (Å²) < 4.78 is 0. The Kier molecular flexibility index (Phi) is 3.76. The number of nitriles is 1. The number of nitrogens with zero attached hydrogens (tertiary/aromatic N) is 3. The van der Waals surface area contributed by atoms with Gasteiger partial charge in [-0.25, -0.2) is 9.97 Å². The van der Waals surface area contributed by atoms with E-state index < -0.39 is 0 Å². The summed E-state index contributed by atoms with van der Waals surface area (Å²) in [6.07, 6.45) is 1.23. The maximum atomic E-state index is 8.64. The van der Waals surface area contributed by atoms with Gasteiger partial charge in [-0.2, -0.15) is 5.26 Å². The third-order valence-electron chi connectivity index (χ3n) is 3.13. The lowest BCUT2D eigenvalue weighted by Gasteiger charge is -2.09. The molecule has 0 bridgehead atoms. The van der Waals surface area contributed by atoms with E-state index in [1.807, 2.05) is 38.1 Å². The minimum atomic E-state index is 0.322. The predicted octanol–water partition coefficient (Wildman–Crippen LogP) is 2.33. The van der Waals surface area contributed by atoms with Crippen LogP contribution in [0, 0.1) is 25.2 Å². The van der Waals surface area contributed by atoms with Gasteiger partial charge in [-0.15, -0.1) is 0 Å². The third-order valence-corrected chi connectivity index (χ3v) is 3.13. The van der Waals surface area contributed by atoms with E-state index in [1.54, 1.807) is 0 Å². The molecule has 0 amide bonds. The van der Waals surface area contributed by atoms with Crippen LogP contribution >= 0.6 is 0 Å². The van der Waals surface area contributed by atoms with Gasteiger partial charge in [-0.05, 0) is 30.5 Å². The van der Waals surface area contributed by atoms with Crippen LogP contribution in [0.2, 0.25) is 0 Å². The average Bonchev–Trinajstić information content (AvgIpc) is 2.36. The lowest BCUT2D eigenvalue weighted by Crippen LogP contribution is -2.05. The van der Waals surface area contributed by atoms with Crippen LogP contribution in [0.1, 0.15) is 28.1 Å². The summed E-state index contributed by atoms with van der Waals surface area (Å²) in [5.41, 5.74) is 10.8. The van der Waals surface area contributed by atoms with Gasteiger partial charge in [0.25, 0.3) is 0 Å². The van der Waals surface area contributed by atoms with Gasteiger partial charge in [0, 0.05) is 17.8 Å². The number of anilines is 1. The van der Waals surface area contributed by atoms with Crippen molar-refractivity contribution in [3.63, 3.8) is 0 Å². The Morgan fingerprint density at radius 1 is 1.05 bits per heavy atom. The van der Waals surface area contributed by atoms with Crippen molar-refractivity contribution in [3.05, 3.63) is 52.3 Å². The van der Waals surface area contributed by atoms with E-state index in [1.165, 1.54) is 5.56 Å². The molecule has 0 aliphatic heterocycles. The molecule has 0 unspecified atom stereocenters. The number of nitrogen functional groups attached to an aromatic ring is 1. The van der Waals surface area contributed by atoms with Crippen LogP contribution in [0.25, 0.3) is 0 Å². The number of benzene rings is 1. The molecule has 0 spiro atoms. The summed E-state index contributed by atoms with van der Waals surface area (Å²) in [6.45, 7) is 3.90. The Hall–Kier alpha value is -2.41. The van der Waals surface area contributed by atoms with Gasteiger partial charge in [0.2, 0.25) is 5.95 Å². The lowest BCUT2D eigenvalue weighted by molar-refractivity contribution is 0.983. The minimum absolute atomic E-state index is 0.322. The van der Waals surface area contributed by atoms with Gasteiger partial charge in [0.15, 0.2) is 0 Å². The Morgan fingerprint density at radius 3 is 2.11 bits per heavy atom. The third kappa shape index (κ3) is 3.08. The smallest absolute Gasteiger partial charge is 0.220 e. The molecule has 1 heterocycles. The fourth-order valence-corrected chi connectivity index (χ4v) is 2.09. The monoisotopic (exact) mass is 252 g/mol. The first-order valence-corrected chi connectivity index (χ1v) is 6.14. The zero-order valence-electron chi connectivity index (χ0n) is 11.1. The van der Waals surface area contributed by atoms with Crippen molar-refractivity contribution in [3.8, 4) is 6.07 Å². The molecule has 96 valence electrons. The molecule has 19 heavy (non-hydrogen) atoms. The second kappa shape index (κ2) is 5.49. The fourth-order valence-electron chi connectivity index (χ4n) is 2.09. The van der Waals surface area contributed by atoms with E-state index >= 15 is 0 Å². The highest BCUT2D eigenvalue weighted by Crippen LogP contribution is 2.17. The standard InChI is InChI=1S/C15H16N4/c1-10-14(11(2)19-15(17)18-10)9-13-5-3-12(4-6-13)7-8-16/h3-6H,7,9H2,1-2H3,(H2,17,18,19). The zero-order valence-corrected chi connectivity index (χ0v) is 11.1. The van der Waals surface area contributed by atoms with Gasteiger partial charge >= 0.3 is 0 Å². The maximum absolute atomic E-state index is 8.64. The highest BCUT2D eigenvalue weighted by Gasteiger charge is 2.08. The lowest BCUT2D eigenvalue weighted by atomic mass is 10.0. The van der Waals surface area contributed by atoms with Crippen LogP contribution in [0.15, 0.2) is 24.3 Å². The Bertz CT molecular complexity index is 601. The fraction of sp³-hybridized carbons (Fsp3) is 0.267. The number of hydrogen-bond acceptors (Lipinski definition) is 4. The number of nitrogens with two attached hydrogens (primary N) is 1. The SMILES string of the molecule is Cc1nc(N)nc(C)c1Cc1ccc(CC#N)cc1.